The van der Waals surface area contributed by atoms with Crippen LogP contribution < -0.4 is 5.73 Å². The van der Waals surface area contributed by atoms with Crippen LogP contribution in [-0.2, 0) is 0 Å². The van der Waals surface area contributed by atoms with Gasteiger partial charge < -0.3 is 15.9 Å². The molecule has 0 bridgehead atoms. The number of aliphatic hydroxyl groups is 1. The number of phenols is 1. The van der Waals surface area contributed by atoms with Gasteiger partial charge in [-0.05, 0) is 18.2 Å². The Balaban J connectivity index is 2.44. The summed E-state index contributed by atoms with van der Waals surface area (Å²) >= 11 is 5.79. The highest BCUT2D eigenvalue weighted by atomic mass is 35.5. The molecule has 0 heterocycles. The van der Waals surface area contributed by atoms with Gasteiger partial charge in [0.2, 0.25) is 0 Å². The molecule has 2 aromatic rings. The van der Waals surface area contributed by atoms with Crippen LogP contribution in [-0.4, -0.2) is 10.2 Å². The van der Waals surface area contributed by atoms with E-state index in [9.17, 15) is 10.2 Å². The van der Waals surface area contributed by atoms with Gasteiger partial charge >= 0.3 is 0 Å². The molecule has 0 spiro atoms. The lowest BCUT2D eigenvalue weighted by molar-refractivity contribution is 0.216. The lowest BCUT2D eigenvalue weighted by Crippen LogP contribution is -2.03. The minimum Gasteiger partial charge on any atom is -0.508 e. The highest BCUT2D eigenvalue weighted by Gasteiger charge is 2.16. The van der Waals surface area contributed by atoms with Crippen molar-refractivity contribution in [3.63, 3.8) is 0 Å². The van der Waals surface area contributed by atoms with Gasteiger partial charge in [0.1, 0.15) is 11.9 Å². The second-order valence-electron chi connectivity index (χ2n) is 3.73. The number of hydrogen-bond acceptors (Lipinski definition) is 3. The van der Waals surface area contributed by atoms with Crippen LogP contribution in [0.5, 0.6) is 5.75 Å². The van der Waals surface area contributed by atoms with Gasteiger partial charge in [0.15, 0.2) is 0 Å². The fraction of sp³-hybridized carbons (Fsp3) is 0.0769. The Morgan fingerprint density at radius 3 is 2.41 bits per heavy atom. The number of benzene rings is 2. The smallest absolute Gasteiger partial charge is 0.121 e. The average molecular weight is 250 g/mol. The summed E-state index contributed by atoms with van der Waals surface area (Å²) in [6.45, 7) is 0. The standard InChI is InChI=1S/C13H12ClNO2/c14-8-5-6-9(11(15)7-8)13(17)10-3-1-2-4-12(10)16/h1-7,13,16-17H,15H2. The number of aliphatic hydroxyl groups excluding tert-OH is 1. The number of anilines is 1. The summed E-state index contributed by atoms with van der Waals surface area (Å²) < 4.78 is 0. The molecule has 3 nitrogen and oxygen atoms in total. The largest absolute Gasteiger partial charge is 0.508 e. The van der Waals surface area contributed by atoms with Crippen LogP contribution in [0.1, 0.15) is 17.2 Å². The highest BCUT2D eigenvalue weighted by molar-refractivity contribution is 6.30. The van der Waals surface area contributed by atoms with Gasteiger partial charge in [0, 0.05) is 21.8 Å². The van der Waals surface area contributed by atoms with E-state index < -0.39 is 6.10 Å². The van der Waals surface area contributed by atoms with Gasteiger partial charge in [-0.25, -0.2) is 0 Å². The topological polar surface area (TPSA) is 66.5 Å². The zero-order valence-corrected chi connectivity index (χ0v) is 9.72. The van der Waals surface area contributed by atoms with Crippen molar-refractivity contribution < 1.29 is 10.2 Å². The molecule has 2 aromatic carbocycles. The summed E-state index contributed by atoms with van der Waals surface area (Å²) in [5.74, 6) is 0.0364. The second kappa shape index (κ2) is 4.65. The summed E-state index contributed by atoms with van der Waals surface area (Å²) in [6.07, 6.45) is -0.964. The van der Waals surface area contributed by atoms with Crippen molar-refractivity contribution in [1.29, 1.82) is 0 Å². The maximum atomic E-state index is 10.2. The first-order chi connectivity index (χ1) is 8.09. The lowest BCUT2D eigenvalue weighted by atomic mass is 9.99. The maximum absolute atomic E-state index is 10.2. The third kappa shape index (κ3) is 2.35. The third-order valence-corrected chi connectivity index (χ3v) is 2.81. The molecular weight excluding hydrogens is 238 g/mol. The fourth-order valence-corrected chi connectivity index (χ4v) is 1.86. The van der Waals surface area contributed by atoms with Crippen LogP contribution in [0, 0.1) is 0 Å². The fourth-order valence-electron chi connectivity index (χ4n) is 1.68. The van der Waals surface area contributed by atoms with Crippen LogP contribution in [0.3, 0.4) is 0 Å². The van der Waals surface area contributed by atoms with E-state index in [4.69, 9.17) is 17.3 Å². The van der Waals surface area contributed by atoms with Crippen molar-refractivity contribution in [3.8, 4) is 5.75 Å². The molecule has 0 aliphatic heterocycles. The number of hydrogen-bond donors (Lipinski definition) is 3. The van der Waals surface area contributed by atoms with E-state index in [0.717, 1.165) is 0 Å². The predicted octanol–water partition coefficient (Wildman–Crippen LogP) is 2.71. The van der Waals surface area contributed by atoms with Crippen LogP contribution in [0.2, 0.25) is 5.02 Å². The SMILES string of the molecule is Nc1cc(Cl)ccc1C(O)c1ccccc1O. The van der Waals surface area contributed by atoms with Gasteiger partial charge in [-0.1, -0.05) is 35.9 Å². The normalized spacial score (nSPS) is 12.4. The van der Waals surface area contributed by atoms with E-state index in [0.29, 0.717) is 21.8 Å². The predicted molar refractivity (Wildman–Crippen MR) is 68.0 cm³/mol. The number of phenolic OH excluding ortho intramolecular Hbond substituents is 1. The summed E-state index contributed by atoms with van der Waals surface area (Å²) in [5.41, 5.74) is 7.12. The Morgan fingerprint density at radius 1 is 1.06 bits per heavy atom. The molecule has 4 heteroatoms. The Kier molecular flexibility index (Phi) is 3.22. The molecule has 0 saturated carbocycles. The summed E-state index contributed by atoms with van der Waals surface area (Å²) in [7, 11) is 0. The molecule has 0 saturated heterocycles. The van der Waals surface area contributed by atoms with E-state index in [1.54, 1.807) is 36.4 Å². The van der Waals surface area contributed by atoms with Crippen LogP contribution in [0.25, 0.3) is 0 Å². The third-order valence-electron chi connectivity index (χ3n) is 2.57. The zero-order chi connectivity index (χ0) is 12.4. The first-order valence-corrected chi connectivity index (χ1v) is 5.48. The number of halogens is 1. The van der Waals surface area contributed by atoms with Gasteiger partial charge in [0.25, 0.3) is 0 Å². The number of nitrogens with two attached hydrogens (primary N) is 1. The highest BCUT2D eigenvalue weighted by Crippen LogP contribution is 2.32. The van der Waals surface area contributed by atoms with Crippen LogP contribution in [0.15, 0.2) is 42.5 Å². The van der Waals surface area contributed by atoms with E-state index in [1.165, 1.54) is 6.07 Å². The molecule has 88 valence electrons. The van der Waals surface area contributed by atoms with Crippen molar-refractivity contribution in [1.82, 2.24) is 0 Å². The van der Waals surface area contributed by atoms with Crippen molar-refractivity contribution in [2.75, 3.05) is 5.73 Å². The molecule has 1 unspecified atom stereocenters. The molecule has 0 amide bonds. The molecular formula is C13H12ClNO2. The Labute approximate surface area is 104 Å². The molecule has 0 aliphatic rings. The van der Waals surface area contributed by atoms with Gasteiger partial charge in [-0.2, -0.15) is 0 Å². The van der Waals surface area contributed by atoms with Crippen molar-refractivity contribution in [2.45, 2.75) is 6.10 Å². The molecule has 1 atom stereocenters. The minimum atomic E-state index is -0.964. The molecule has 4 N–H and O–H groups in total. The van der Waals surface area contributed by atoms with E-state index in [1.807, 2.05) is 0 Å². The first kappa shape index (κ1) is 11.8. The quantitative estimate of drug-likeness (QED) is 0.717. The average Bonchev–Trinajstić information content (AvgIpc) is 2.29. The van der Waals surface area contributed by atoms with Gasteiger partial charge in [-0.15, -0.1) is 0 Å². The van der Waals surface area contributed by atoms with Gasteiger partial charge in [-0.3, -0.25) is 0 Å². The van der Waals surface area contributed by atoms with Crippen LogP contribution in [0.4, 0.5) is 5.69 Å². The summed E-state index contributed by atoms with van der Waals surface area (Å²) in [4.78, 5) is 0. The van der Waals surface area contributed by atoms with Crippen LogP contribution >= 0.6 is 11.6 Å². The number of rotatable bonds is 2. The number of aromatic hydroxyl groups is 1. The second-order valence-corrected chi connectivity index (χ2v) is 4.17. The van der Waals surface area contributed by atoms with Gasteiger partial charge in [0.05, 0.1) is 0 Å². The summed E-state index contributed by atoms with van der Waals surface area (Å²) in [6, 6.07) is 11.5. The minimum absolute atomic E-state index is 0.0364. The van der Waals surface area contributed by atoms with Crippen molar-refractivity contribution in [3.05, 3.63) is 58.6 Å². The van der Waals surface area contributed by atoms with Crippen molar-refractivity contribution in [2.24, 2.45) is 0 Å². The molecule has 0 radical (unpaired) electrons. The molecule has 2 rings (SSSR count). The monoisotopic (exact) mass is 249 g/mol. The Hall–Kier alpha value is -1.71. The number of nitrogen functional groups attached to an aromatic ring is 1. The van der Waals surface area contributed by atoms with E-state index in [2.05, 4.69) is 0 Å². The van der Waals surface area contributed by atoms with Crippen molar-refractivity contribution >= 4 is 17.3 Å². The molecule has 0 fully saturated rings. The molecule has 0 aromatic heterocycles. The number of para-hydroxylation sites is 1. The lowest BCUT2D eigenvalue weighted by Gasteiger charge is -2.15. The molecule has 17 heavy (non-hydrogen) atoms. The first-order valence-electron chi connectivity index (χ1n) is 5.10. The van der Waals surface area contributed by atoms with E-state index >= 15 is 0 Å². The van der Waals surface area contributed by atoms with E-state index in [-0.39, 0.29) is 5.75 Å². The zero-order valence-electron chi connectivity index (χ0n) is 8.97. The maximum Gasteiger partial charge on any atom is 0.121 e. The molecule has 0 aliphatic carbocycles. The Morgan fingerprint density at radius 2 is 1.76 bits per heavy atom. The summed E-state index contributed by atoms with van der Waals surface area (Å²) in [5, 5.41) is 20.3. The Bertz CT molecular complexity index is 543.